The Bertz CT molecular complexity index is 375. The summed E-state index contributed by atoms with van der Waals surface area (Å²) in [4.78, 5) is 12.0. The van der Waals surface area contributed by atoms with Gasteiger partial charge in [-0.1, -0.05) is 0 Å². The van der Waals surface area contributed by atoms with Crippen LogP contribution in [0.5, 0.6) is 0 Å². The molecule has 0 radical (unpaired) electrons. The van der Waals surface area contributed by atoms with E-state index < -0.39 is 0 Å². The smallest absolute Gasteiger partial charge is 0.145 e. The average molecular weight is 223 g/mol. The highest BCUT2D eigenvalue weighted by molar-refractivity contribution is 5.84. The van der Waals surface area contributed by atoms with Crippen LogP contribution in [-0.2, 0) is 23.0 Å². The largest absolute Gasteiger partial charge is 0.379 e. The minimum atomic E-state index is -0.0352. The van der Waals surface area contributed by atoms with Gasteiger partial charge in [0.05, 0.1) is 31.2 Å². The van der Waals surface area contributed by atoms with Gasteiger partial charge in [0.2, 0.25) is 0 Å². The van der Waals surface area contributed by atoms with Gasteiger partial charge in [-0.2, -0.15) is 5.10 Å². The van der Waals surface area contributed by atoms with Gasteiger partial charge >= 0.3 is 0 Å². The second-order valence-corrected chi connectivity index (χ2v) is 4.16. The van der Waals surface area contributed by atoms with Crippen molar-refractivity contribution in [1.29, 1.82) is 0 Å². The number of aromatic nitrogens is 2. The number of carbonyl (C=O) groups excluding carboxylic acids is 1. The van der Waals surface area contributed by atoms with Crippen LogP contribution in [-0.4, -0.2) is 41.9 Å². The average Bonchev–Trinajstić information content (AvgIpc) is 2.86. The van der Waals surface area contributed by atoms with Crippen molar-refractivity contribution in [3.8, 4) is 0 Å². The van der Waals surface area contributed by atoms with Crippen molar-refractivity contribution in [2.75, 3.05) is 20.3 Å². The second-order valence-electron chi connectivity index (χ2n) is 4.16. The molecule has 2 atom stereocenters. The predicted molar refractivity (Wildman–Crippen MR) is 59.1 cm³/mol. The lowest BCUT2D eigenvalue weighted by molar-refractivity contribution is -0.122. The van der Waals surface area contributed by atoms with Crippen molar-refractivity contribution in [3.63, 3.8) is 0 Å². The molecule has 2 heterocycles. The first-order valence-corrected chi connectivity index (χ1v) is 5.47. The summed E-state index contributed by atoms with van der Waals surface area (Å²) in [6.45, 7) is 1.15. The Hall–Kier alpha value is -1.20. The first-order valence-electron chi connectivity index (χ1n) is 5.47. The summed E-state index contributed by atoms with van der Waals surface area (Å²) in [5, 5.41) is 7.32. The Morgan fingerprint density at radius 2 is 2.50 bits per heavy atom. The molecule has 0 saturated carbocycles. The zero-order valence-corrected chi connectivity index (χ0v) is 9.64. The first-order chi connectivity index (χ1) is 7.70. The number of likely N-dealkylation sites (N-methyl/N-ethyl adjacent to an activating group) is 1. The molecule has 2 rings (SSSR count). The molecule has 2 unspecified atom stereocenters. The quantitative estimate of drug-likeness (QED) is 0.766. The van der Waals surface area contributed by atoms with Gasteiger partial charge in [-0.15, -0.1) is 0 Å². The summed E-state index contributed by atoms with van der Waals surface area (Å²) in [5.41, 5.74) is 0.828. The standard InChI is InChI=1S/C11H17N3O2/c1-12-10-7-16-6-9(10)11(15)5-8-3-4-14(2)13-8/h3-4,9-10,12H,5-7H2,1-2H3. The number of ether oxygens (including phenoxy) is 1. The maximum atomic E-state index is 12.0. The summed E-state index contributed by atoms with van der Waals surface area (Å²) in [7, 11) is 3.71. The van der Waals surface area contributed by atoms with E-state index in [1.165, 1.54) is 0 Å². The maximum Gasteiger partial charge on any atom is 0.145 e. The molecule has 88 valence electrons. The number of hydrogen-bond acceptors (Lipinski definition) is 4. The maximum absolute atomic E-state index is 12.0. The molecule has 1 saturated heterocycles. The molecule has 0 amide bonds. The Kier molecular flexibility index (Phi) is 3.36. The van der Waals surface area contributed by atoms with E-state index in [1.807, 2.05) is 26.4 Å². The third-order valence-electron chi connectivity index (χ3n) is 2.99. The minimum absolute atomic E-state index is 0.0352. The van der Waals surface area contributed by atoms with E-state index in [1.54, 1.807) is 4.68 Å². The first kappa shape index (κ1) is 11.3. The number of aryl methyl sites for hydroxylation is 1. The number of nitrogens with one attached hydrogen (secondary N) is 1. The van der Waals surface area contributed by atoms with Gasteiger partial charge in [-0.05, 0) is 13.1 Å². The van der Waals surface area contributed by atoms with E-state index in [-0.39, 0.29) is 17.7 Å². The summed E-state index contributed by atoms with van der Waals surface area (Å²) < 4.78 is 7.03. The van der Waals surface area contributed by atoms with Crippen LogP contribution >= 0.6 is 0 Å². The third-order valence-corrected chi connectivity index (χ3v) is 2.99. The number of hydrogen-bond donors (Lipinski definition) is 1. The Morgan fingerprint density at radius 1 is 1.69 bits per heavy atom. The van der Waals surface area contributed by atoms with Crippen LogP contribution in [0.3, 0.4) is 0 Å². The van der Waals surface area contributed by atoms with Crippen LogP contribution in [0.2, 0.25) is 0 Å². The lowest BCUT2D eigenvalue weighted by Crippen LogP contribution is -2.37. The number of ketones is 1. The number of nitrogens with zero attached hydrogens (tertiary/aromatic N) is 2. The lowest BCUT2D eigenvalue weighted by atomic mass is 9.95. The molecule has 5 nitrogen and oxygen atoms in total. The number of carbonyl (C=O) groups is 1. The van der Waals surface area contributed by atoms with Gasteiger partial charge in [0.25, 0.3) is 0 Å². The highest BCUT2D eigenvalue weighted by Crippen LogP contribution is 2.16. The topological polar surface area (TPSA) is 56.1 Å². The fourth-order valence-electron chi connectivity index (χ4n) is 2.02. The van der Waals surface area contributed by atoms with E-state index in [2.05, 4.69) is 10.4 Å². The Balaban J connectivity index is 1.97. The van der Waals surface area contributed by atoms with Crippen molar-refractivity contribution >= 4 is 5.78 Å². The number of rotatable bonds is 4. The molecule has 5 heteroatoms. The van der Waals surface area contributed by atoms with Crippen molar-refractivity contribution < 1.29 is 9.53 Å². The van der Waals surface area contributed by atoms with Crippen LogP contribution in [0.25, 0.3) is 0 Å². The minimum Gasteiger partial charge on any atom is -0.379 e. The normalized spacial score (nSPS) is 24.9. The summed E-state index contributed by atoms with van der Waals surface area (Å²) in [6.07, 6.45) is 2.25. The molecule has 0 aliphatic carbocycles. The van der Waals surface area contributed by atoms with E-state index in [9.17, 15) is 4.79 Å². The monoisotopic (exact) mass is 223 g/mol. The molecule has 1 aliphatic heterocycles. The highest BCUT2D eigenvalue weighted by atomic mass is 16.5. The van der Waals surface area contributed by atoms with Crippen LogP contribution in [0.15, 0.2) is 12.3 Å². The van der Waals surface area contributed by atoms with Crippen molar-refractivity contribution in [2.45, 2.75) is 12.5 Å². The van der Waals surface area contributed by atoms with Gasteiger partial charge in [-0.25, -0.2) is 0 Å². The molecular formula is C11H17N3O2. The van der Waals surface area contributed by atoms with E-state index >= 15 is 0 Å². The summed E-state index contributed by atoms with van der Waals surface area (Å²) >= 11 is 0. The van der Waals surface area contributed by atoms with Gasteiger partial charge in [0.15, 0.2) is 0 Å². The van der Waals surface area contributed by atoms with Crippen molar-refractivity contribution in [2.24, 2.45) is 13.0 Å². The molecule has 1 N–H and O–H groups in total. The van der Waals surface area contributed by atoms with E-state index in [0.29, 0.717) is 19.6 Å². The van der Waals surface area contributed by atoms with E-state index in [0.717, 1.165) is 5.69 Å². The Morgan fingerprint density at radius 3 is 3.12 bits per heavy atom. The van der Waals surface area contributed by atoms with Crippen LogP contribution in [0, 0.1) is 5.92 Å². The molecular weight excluding hydrogens is 206 g/mol. The van der Waals surface area contributed by atoms with Crippen LogP contribution in [0.4, 0.5) is 0 Å². The SMILES string of the molecule is CNC1COCC1C(=O)Cc1ccn(C)n1. The molecule has 16 heavy (non-hydrogen) atoms. The Labute approximate surface area is 94.8 Å². The second kappa shape index (κ2) is 4.76. The predicted octanol–water partition coefficient (Wildman–Crippen LogP) is -0.234. The molecule has 1 fully saturated rings. The molecule has 1 aromatic heterocycles. The van der Waals surface area contributed by atoms with Gasteiger partial charge in [0, 0.05) is 19.3 Å². The molecule has 0 bridgehead atoms. The fraction of sp³-hybridized carbons (Fsp3) is 0.636. The lowest BCUT2D eigenvalue weighted by Gasteiger charge is -2.14. The molecule has 0 spiro atoms. The zero-order valence-electron chi connectivity index (χ0n) is 9.64. The van der Waals surface area contributed by atoms with Crippen molar-refractivity contribution in [3.05, 3.63) is 18.0 Å². The van der Waals surface area contributed by atoms with E-state index in [4.69, 9.17) is 4.74 Å². The van der Waals surface area contributed by atoms with Gasteiger partial charge in [0.1, 0.15) is 5.78 Å². The molecule has 0 aromatic carbocycles. The number of Topliss-reactive ketones (excluding diaryl/α,β-unsaturated/α-hetero) is 1. The third kappa shape index (κ3) is 2.31. The molecule has 1 aromatic rings. The zero-order chi connectivity index (χ0) is 11.5. The summed E-state index contributed by atoms with van der Waals surface area (Å²) in [5.74, 6) is 0.169. The van der Waals surface area contributed by atoms with Gasteiger partial charge in [-0.3, -0.25) is 9.48 Å². The highest BCUT2D eigenvalue weighted by Gasteiger charge is 2.32. The van der Waals surface area contributed by atoms with Crippen molar-refractivity contribution in [1.82, 2.24) is 15.1 Å². The fourth-order valence-corrected chi connectivity index (χ4v) is 2.02. The summed E-state index contributed by atoms with van der Waals surface area (Å²) in [6, 6.07) is 2.03. The van der Waals surface area contributed by atoms with Gasteiger partial charge < -0.3 is 10.1 Å². The van der Waals surface area contributed by atoms with Crippen LogP contribution < -0.4 is 5.32 Å². The molecule has 1 aliphatic rings. The van der Waals surface area contributed by atoms with Crippen LogP contribution in [0.1, 0.15) is 5.69 Å².